The molecule has 0 amide bonds. The molecule has 1 aliphatic carbocycles. The lowest BCUT2D eigenvalue weighted by Crippen LogP contribution is -2.26. The van der Waals surface area contributed by atoms with Gasteiger partial charge in [0.1, 0.15) is 0 Å². The minimum Gasteiger partial charge on any atom is -0.265 e. The van der Waals surface area contributed by atoms with E-state index in [2.05, 4.69) is 53.1 Å². The maximum atomic E-state index is 4.94. The molecule has 0 spiro atoms. The highest BCUT2D eigenvalue weighted by atomic mass is 15.3. The van der Waals surface area contributed by atoms with Crippen molar-refractivity contribution >= 4 is 0 Å². The highest BCUT2D eigenvalue weighted by molar-refractivity contribution is 5.37. The van der Waals surface area contributed by atoms with E-state index in [-0.39, 0.29) is 10.8 Å². The van der Waals surface area contributed by atoms with Crippen LogP contribution in [0.15, 0.2) is 0 Å². The van der Waals surface area contributed by atoms with Gasteiger partial charge in [-0.2, -0.15) is 5.10 Å². The third-order valence-corrected chi connectivity index (χ3v) is 4.22. The van der Waals surface area contributed by atoms with Gasteiger partial charge < -0.3 is 0 Å². The van der Waals surface area contributed by atoms with Crippen molar-refractivity contribution in [3.05, 3.63) is 17.0 Å². The minimum absolute atomic E-state index is 0.159. The average Bonchev–Trinajstić information content (AvgIpc) is 2.79. The molecule has 1 aliphatic rings. The average molecular weight is 262 g/mol. The predicted octanol–water partition coefficient (Wildman–Crippen LogP) is 4.90. The molecular weight excluding hydrogens is 232 g/mol. The van der Waals surface area contributed by atoms with Crippen LogP contribution in [0.2, 0.25) is 0 Å². The lowest BCUT2D eigenvalue weighted by atomic mass is 9.78. The van der Waals surface area contributed by atoms with Crippen molar-refractivity contribution < 1.29 is 0 Å². The molecule has 0 saturated heterocycles. The van der Waals surface area contributed by atoms with E-state index in [9.17, 15) is 0 Å². The molecule has 2 rings (SSSR count). The summed E-state index contributed by atoms with van der Waals surface area (Å²) in [7, 11) is 0. The van der Waals surface area contributed by atoms with Gasteiger partial charge in [0.2, 0.25) is 0 Å². The van der Waals surface area contributed by atoms with E-state index >= 15 is 0 Å². The fraction of sp³-hybridized carbons (Fsp3) is 0.824. The third-order valence-electron chi connectivity index (χ3n) is 4.22. The second kappa shape index (κ2) is 4.64. The summed E-state index contributed by atoms with van der Waals surface area (Å²) < 4.78 is 2.38. The van der Waals surface area contributed by atoms with Crippen LogP contribution in [0, 0.1) is 6.92 Å². The highest BCUT2D eigenvalue weighted by Gasteiger charge is 2.34. The summed E-state index contributed by atoms with van der Waals surface area (Å²) in [4.78, 5) is 0. The zero-order valence-electron chi connectivity index (χ0n) is 13.8. The van der Waals surface area contributed by atoms with Crippen LogP contribution in [0.1, 0.15) is 90.2 Å². The van der Waals surface area contributed by atoms with Crippen LogP contribution in [-0.4, -0.2) is 9.78 Å². The van der Waals surface area contributed by atoms with E-state index in [1.807, 2.05) is 0 Å². The zero-order chi connectivity index (χ0) is 14.4. The Hall–Kier alpha value is -0.790. The topological polar surface area (TPSA) is 17.8 Å². The molecule has 0 unspecified atom stereocenters. The molecular formula is C17H30N2. The van der Waals surface area contributed by atoms with Crippen LogP contribution in [0.3, 0.4) is 0 Å². The Kier molecular flexibility index (Phi) is 3.57. The zero-order valence-corrected chi connectivity index (χ0v) is 13.8. The van der Waals surface area contributed by atoms with E-state index in [4.69, 9.17) is 5.10 Å². The molecule has 0 atom stereocenters. The SMILES string of the molecule is Cc1nn(C2CCCC2)c(C(C)(C)C)c1C(C)(C)C. The summed E-state index contributed by atoms with van der Waals surface area (Å²) in [5.74, 6) is 0. The van der Waals surface area contributed by atoms with Crippen molar-refractivity contribution in [2.24, 2.45) is 0 Å². The Bertz CT molecular complexity index is 449. The van der Waals surface area contributed by atoms with Gasteiger partial charge in [-0.15, -0.1) is 0 Å². The number of hydrogen-bond donors (Lipinski definition) is 0. The Balaban J connectivity index is 2.62. The van der Waals surface area contributed by atoms with Crippen LogP contribution >= 0.6 is 0 Å². The quantitative estimate of drug-likeness (QED) is 0.703. The summed E-state index contributed by atoms with van der Waals surface area (Å²) in [5.41, 5.74) is 4.48. The smallest absolute Gasteiger partial charge is 0.0634 e. The predicted molar refractivity (Wildman–Crippen MR) is 81.9 cm³/mol. The summed E-state index contributed by atoms with van der Waals surface area (Å²) in [5, 5.41) is 4.94. The number of hydrogen-bond acceptors (Lipinski definition) is 1. The monoisotopic (exact) mass is 262 g/mol. The molecule has 0 radical (unpaired) electrons. The van der Waals surface area contributed by atoms with Crippen LogP contribution in [0.5, 0.6) is 0 Å². The van der Waals surface area contributed by atoms with Gasteiger partial charge in [-0.3, -0.25) is 4.68 Å². The van der Waals surface area contributed by atoms with E-state index in [1.165, 1.54) is 42.6 Å². The molecule has 0 bridgehead atoms. The first-order valence-corrected chi connectivity index (χ1v) is 7.72. The van der Waals surface area contributed by atoms with E-state index in [1.54, 1.807) is 0 Å². The Labute approximate surface area is 118 Å². The Morgan fingerprint density at radius 3 is 1.89 bits per heavy atom. The molecule has 0 aromatic carbocycles. The summed E-state index contributed by atoms with van der Waals surface area (Å²) in [6.45, 7) is 16.1. The van der Waals surface area contributed by atoms with Gasteiger partial charge in [0.25, 0.3) is 0 Å². The fourth-order valence-electron chi connectivity index (χ4n) is 3.58. The van der Waals surface area contributed by atoms with Crippen molar-refractivity contribution in [2.45, 2.75) is 91.0 Å². The summed E-state index contributed by atoms with van der Waals surface area (Å²) >= 11 is 0. The number of aromatic nitrogens is 2. The summed E-state index contributed by atoms with van der Waals surface area (Å²) in [6, 6.07) is 0.629. The van der Waals surface area contributed by atoms with Gasteiger partial charge in [0, 0.05) is 16.7 Å². The van der Waals surface area contributed by atoms with Crippen molar-refractivity contribution in [2.75, 3.05) is 0 Å². The molecule has 1 fully saturated rings. The molecule has 1 saturated carbocycles. The van der Waals surface area contributed by atoms with Crippen molar-refractivity contribution in [3.8, 4) is 0 Å². The molecule has 1 heterocycles. The van der Waals surface area contributed by atoms with Crippen LogP contribution in [0.25, 0.3) is 0 Å². The number of aryl methyl sites for hydroxylation is 1. The lowest BCUT2D eigenvalue weighted by Gasteiger charge is -2.29. The van der Waals surface area contributed by atoms with E-state index < -0.39 is 0 Å². The van der Waals surface area contributed by atoms with Crippen LogP contribution < -0.4 is 0 Å². The first-order chi connectivity index (χ1) is 8.62. The maximum absolute atomic E-state index is 4.94. The van der Waals surface area contributed by atoms with Gasteiger partial charge in [-0.1, -0.05) is 54.4 Å². The number of nitrogens with zero attached hydrogens (tertiary/aromatic N) is 2. The standard InChI is InChI=1S/C17H30N2/c1-12-14(16(2,3)4)15(17(5,6)7)19(18-12)13-10-8-9-11-13/h13H,8-11H2,1-7H3. The van der Waals surface area contributed by atoms with Crippen LogP contribution in [-0.2, 0) is 10.8 Å². The van der Waals surface area contributed by atoms with E-state index in [0.29, 0.717) is 6.04 Å². The molecule has 108 valence electrons. The minimum atomic E-state index is 0.159. The largest absolute Gasteiger partial charge is 0.265 e. The lowest BCUT2D eigenvalue weighted by molar-refractivity contribution is 0.401. The third kappa shape index (κ3) is 2.73. The fourth-order valence-corrected chi connectivity index (χ4v) is 3.58. The van der Waals surface area contributed by atoms with Crippen molar-refractivity contribution in [1.29, 1.82) is 0 Å². The number of rotatable bonds is 1. The van der Waals surface area contributed by atoms with Gasteiger partial charge in [0.15, 0.2) is 0 Å². The second-order valence-corrected chi connectivity index (χ2v) is 8.19. The molecule has 1 aromatic rings. The molecule has 1 aromatic heterocycles. The first-order valence-electron chi connectivity index (χ1n) is 7.72. The Morgan fingerprint density at radius 2 is 1.47 bits per heavy atom. The highest BCUT2D eigenvalue weighted by Crippen LogP contribution is 2.40. The molecule has 2 heteroatoms. The van der Waals surface area contributed by atoms with E-state index in [0.717, 1.165) is 0 Å². The maximum Gasteiger partial charge on any atom is 0.0634 e. The Morgan fingerprint density at radius 1 is 0.947 bits per heavy atom. The molecule has 19 heavy (non-hydrogen) atoms. The normalized spacial score (nSPS) is 18.3. The van der Waals surface area contributed by atoms with Crippen molar-refractivity contribution in [3.63, 3.8) is 0 Å². The van der Waals surface area contributed by atoms with Crippen LogP contribution in [0.4, 0.5) is 0 Å². The van der Waals surface area contributed by atoms with Gasteiger partial charge in [-0.05, 0) is 25.2 Å². The molecule has 0 N–H and O–H groups in total. The van der Waals surface area contributed by atoms with Gasteiger partial charge in [-0.25, -0.2) is 0 Å². The first kappa shape index (κ1) is 14.6. The molecule has 0 aliphatic heterocycles. The summed E-state index contributed by atoms with van der Waals surface area (Å²) in [6.07, 6.45) is 5.32. The van der Waals surface area contributed by atoms with Gasteiger partial charge >= 0.3 is 0 Å². The second-order valence-electron chi connectivity index (χ2n) is 8.19. The van der Waals surface area contributed by atoms with Crippen molar-refractivity contribution in [1.82, 2.24) is 9.78 Å². The van der Waals surface area contributed by atoms with Gasteiger partial charge in [0.05, 0.1) is 11.7 Å². The molecule has 2 nitrogen and oxygen atoms in total.